The van der Waals surface area contributed by atoms with E-state index in [1.165, 1.54) is 44.5 Å². The van der Waals surface area contributed by atoms with E-state index < -0.39 is 6.10 Å². The lowest BCUT2D eigenvalue weighted by Gasteiger charge is -2.25. The van der Waals surface area contributed by atoms with Gasteiger partial charge in [0, 0.05) is 13.1 Å². The van der Waals surface area contributed by atoms with Gasteiger partial charge in [0.1, 0.15) is 0 Å². The zero-order chi connectivity index (χ0) is 13.2. The number of hydrogen-bond acceptors (Lipinski definition) is 3. The molecular formula is C16H24N2O. The fourth-order valence-electron chi connectivity index (χ4n) is 2.50. The first-order valence-corrected chi connectivity index (χ1v) is 7.65. The minimum atomic E-state index is -0.422. The van der Waals surface area contributed by atoms with Crippen LogP contribution < -0.4 is 4.90 Å². The molecule has 2 saturated carbocycles. The van der Waals surface area contributed by atoms with Crippen LogP contribution in [-0.4, -0.2) is 23.2 Å². The zero-order valence-electron chi connectivity index (χ0n) is 11.8. The second-order valence-electron chi connectivity index (χ2n) is 6.16. The molecule has 19 heavy (non-hydrogen) atoms. The Balaban J connectivity index is 1.68. The van der Waals surface area contributed by atoms with Crippen molar-refractivity contribution in [1.29, 1.82) is 0 Å². The molecule has 3 heteroatoms. The van der Waals surface area contributed by atoms with Gasteiger partial charge in [-0.3, -0.25) is 4.98 Å². The van der Waals surface area contributed by atoms with Crippen LogP contribution in [0.15, 0.2) is 18.3 Å². The lowest BCUT2D eigenvalue weighted by atomic mass is 10.2. The number of aliphatic hydroxyl groups excluding tert-OH is 1. The van der Waals surface area contributed by atoms with E-state index in [1.807, 2.05) is 19.2 Å². The van der Waals surface area contributed by atoms with E-state index in [0.29, 0.717) is 0 Å². The molecule has 2 aliphatic carbocycles. The number of anilines is 1. The van der Waals surface area contributed by atoms with Crippen LogP contribution in [0.25, 0.3) is 0 Å². The van der Waals surface area contributed by atoms with Crippen LogP contribution in [0.2, 0.25) is 0 Å². The van der Waals surface area contributed by atoms with Crippen molar-refractivity contribution in [3.8, 4) is 0 Å². The largest absolute Gasteiger partial charge is 0.387 e. The molecule has 0 unspecified atom stereocenters. The molecule has 3 rings (SSSR count). The van der Waals surface area contributed by atoms with Crippen molar-refractivity contribution in [1.82, 2.24) is 4.98 Å². The summed E-state index contributed by atoms with van der Waals surface area (Å²) in [4.78, 5) is 6.94. The fourth-order valence-corrected chi connectivity index (χ4v) is 2.50. The van der Waals surface area contributed by atoms with E-state index in [2.05, 4.69) is 16.0 Å². The Bertz CT molecular complexity index is 395. The molecule has 0 bridgehead atoms. The van der Waals surface area contributed by atoms with Crippen LogP contribution in [-0.2, 0) is 0 Å². The van der Waals surface area contributed by atoms with Crippen LogP contribution in [0.1, 0.15) is 50.8 Å². The van der Waals surface area contributed by atoms with Crippen molar-refractivity contribution in [2.75, 3.05) is 18.0 Å². The second kappa shape index (κ2) is 5.49. The Labute approximate surface area is 115 Å². The van der Waals surface area contributed by atoms with Crippen molar-refractivity contribution in [3.05, 3.63) is 24.0 Å². The van der Waals surface area contributed by atoms with Crippen LogP contribution in [0.3, 0.4) is 0 Å². The van der Waals surface area contributed by atoms with E-state index >= 15 is 0 Å². The van der Waals surface area contributed by atoms with Gasteiger partial charge < -0.3 is 10.0 Å². The molecule has 0 spiro atoms. The molecule has 0 aromatic carbocycles. The monoisotopic (exact) mass is 260 g/mol. The van der Waals surface area contributed by atoms with E-state index in [9.17, 15) is 5.11 Å². The topological polar surface area (TPSA) is 36.4 Å². The molecule has 3 nitrogen and oxygen atoms in total. The van der Waals surface area contributed by atoms with Crippen LogP contribution in [0, 0.1) is 11.8 Å². The Morgan fingerprint density at radius 1 is 1.21 bits per heavy atom. The van der Waals surface area contributed by atoms with E-state index in [-0.39, 0.29) is 0 Å². The molecule has 1 N–H and O–H groups in total. The molecule has 0 saturated heterocycles. The maximum atomic E-state index is 9.79. The van der Waals surface area contributed by atoms with Gasteiger partial charge in [-0.25, -0.2) is 0 Å². The smallest absolute Gasteiger partial charge is 0.0957 e. The van der Waals surface area contributed by atoms with Gasteiger partial charge in [0.2, 0.25) is 0 Å². The summed E-state index contributed by atoms with van der Waals surface area (Å²) in [6, 6.07) is 4.11. The van der Waals surface area contributed by atoms with Crippen LogP contribution >= 0.6 is 0 Å². The summed E-state index contributed by atoms with van der Waals surface area (Å²) in [5, 5.41) is 9.79. The molecule has 1 aromatic rings. The van der Waals surface area contributed by atoms with Gasteiger partial charge in [-0.2, -0.15) is 0 Å². The SMILES string of the molecule is CC[C@@H](O)c1ccc(N(CC2CC2)CC2CC2)cn1. The predicted octanol–water partition coefficient (Wildman–Crippen LogP) is 3.15. The lowest BCUT2D eigenvalue weighted by Crippen LogP contribution is -2.28. The number of hydrogen-bond donors (Lipinski definition) is 1. The van der Waals surface area contributed by atoms with Gasteiger partial charge in [0.25, 0.3) is 0 Å². The quantitative estimate of drug-likeness (QED) is 0.818. The third-order valence-corrected chi connectivity index (χ3v) is 4.22. The first kappa shape index (κ1) is 12.9. The summed E-state index contributed by atoms with van der Waals surface area (Å²) >= 11 is 0. The highest BCUT2D eigenvalue weighted by atomic mass is 16.3. The summed E-state index contributed by atoms with van der Waals surface area (Å²) in [5.41, 5.74) is 2.02. The highest BCUT2D eigenvalue weighted by Gasteiger charge is 2.29. The van der Waals surface area contributed by atoms with Crippen molar-refractivity contribution in [3.63, 3.8) is 0 Å². The summed E-state index contributed by atoms with van der Waals surface area (Å²) in [5.74, 6) is 1.80. The molecule has 1 aromatic heterocycles. The summed E-state index contributed by atoms with van der Waals surface area (Å²) in [6.07, 6.45) is 7.80. The molecule has 1 atom stereocenters. The molecule has 2 fully saturated rings. The number of rotatable bonds is 7. The van der Waals surface area contributed by atoms with Crippen molar-refractivity contribution in [2.45, 2.75) is 45.1 Å². The maximum Gasteiger partial charge on any atom is 0.0957 e. The van der Waals surface area contributed by atoms with Crippen LogP contribution in [0.4, 0.5) is 5.69 Å². The van der Waals surface area contributed by atoms with Gasteiger partial charge in [0.05, 0.1) is 23.7 Å². The number of aromatic nitrogens is 1. The van der Waals surface area contributed by atoms with Crippen LogP contribution in [0.5, 0.6) is 0 Å². The molecule has 104 valence electrons. The Hall–Kier alpha value is -1.09. The van der Waals surface area contributed by atoms with Crippen molar-refractivity contribution >= 4 is 5.69 Å². The lowest BCUT2D eigenvalue weighted by molar-refractivity contribution is 0.169. The molecule has 0 aliphatic heterocycles. The maximum absolute atomic E-state index is 9.79. The highest BCUT2D eigenvalue weighted by Crippen LogP contribution is 2.35. The standard InChI is InChI=1S/C16H24N2O/c1-2-16(19)15-8-7-14(9-17-15)18(10-12-3-4-12)11-13-5-6-13/h7-9,12-13,16,19H,2-6,10-11H2,1H3/t16-/m1/s1. The third kappa shape index (κ3) is 3.47. The highest BCUT2D eigenvalue weighted by molar-refractivity contribution is 5.45. The van der Waals surface area contributed by atoms with Gasteiger partial charge in [-0.15, -0.1) is 0 Å². The Morgan fingerprint density at radius 3 is 2.26 bits per heavy atom. The third-order valence-electron chi connectivity index (χ3n) is 4.22. The van der Waals surface area contributed by atoms with Gasteiger partial charge in [-0.1, -0.05) is 6.92 Å². The normalized spacial score (nSPS) is 20.3. The first-order valence-electron chi connectivity index (χ1n) is 7.65. The Morgan fingerprint density at radius 2 is 1.84 bits per heavy atom. The van der Waals surface area contributed by atoms with E-state index in [4.69, 9.17) is 0 Å². The summed E-state index contributed by atoms with van der Waals surface area (Å²) in [6.45, 7) is 4.36. The zero-order valence-corrected chi connectivity index (χ0v) is 11.8. The summed E-state index contributed by atoms with van der Waals surface area (Å²) < 4.78 is 0. The molecule has 1 heterocycles. The number of nitrogens with zero attached hydrogens (tertiary/aromatic N) is 2. The average Bonchev–Trinajstić information content (AvgIpc) is 3.32. The number of pyridine rings is 1. The second-order valence-corrected chi connectivity index (χ2v) is 6.16. The number of aliphatic hydroxyl groups is 1. The van der Waals surface area contributed by atoms with Gasteiger partial charge in [-0.05, 0) is 56.1 Å². The molecule has 0 amide bonds. The van der Waals surface area contributed by atoms with E-state index in [1.54, 1.807) is 0 Å². The van der Waals surface area contributed by atoms with Gasteiger partial charge in [0.15, 0.2) is 0 Å². The Kier molecular flexibility index (Phi) is 3.74. The van der Waals surface area contributed by atoms with Crippen molar-refractivity contribution in [2.24, 2.45) is 11.8 Å². The molecular weight excluding hydrogens is 236 g/mol. The van der Waals surface area contributed by atoms with E-state index in [0.717, 1.165) is 24.0 Å². The molecule has 0 radical (unpaired) electrons. The first-order chi connectivity index (χ1) is 9.26. The summed E-state index contributed by atoms with van der Waals surface area (Å²) in [7, 11) is 0. The average molecular weight is 260 g/mol. The predicted molar refractivity (Wildman–Crippen MR) is 77.1 cm³/mol. The molecule has 2 aliphatic rings. The van der Waals surface area contributed by atoms with Crippen molar-refractivity contribution < 1.29 is 5.11 Å². The minimum absolute atomic E-state index is 0.422. The fraction of sp³-hybridized carbons (Fsp3) is 0.688. The van der Waals surface area contributed by atoms with Gasteiger partial charge >= 0.3 is 0 Å². The minimum Gasteiger partial charge on any atom is -0.387 e.